The van der Waals surface area contributed by atoms with E-state index >= 15 is 0 Å². The van der Waals surface area contributed by atoms with Crippen LogP contribution in [0.25, 0.3) is 0 Å². The Balaban J connectivity index is 1.77. The summed E-state index contributed by atoms with van der Waals surface area (Å²) < 4.78 is 0. The van der Waals surface area contributed by atoms with Crippen LogP contribution >= 0.6 is 0 Å². The van der Waals surface area contributed by atoms with Gasteiger partial charge in [0.05, 0.1) is 6.54 Å². The molecule has 21 heavy (non-hydrogen) atoms. The van der Waals surface area contributed by atoms with Crippen LogP contribution in [0.15, 0.2) is 24.3 Å². The molecule has 2 rings (SSSR count). The molecule has 0 aromatic heterocycles. The third kappa shape index (κ3) is 5.48. The van der Waals surface area contributed by atoms with Crippen molar-refractivity contribution < 1.29 is 4.79 Å². The Hall–Kier alpha value is -1.39. The summed E-state index contributed by atoms with van der Waals surface area (Å²) in [5.74, 6) is 0.805. The maximum absolute atomic E-state index is 12.1. The number of likely N-dealkylation sites (N-methyl/N-ethyl adjacent to an activating group) is 1. The highest BCUT2D eigenvalue weighted by atomic mass is 16.2. The second kappa shape index (κ2) is 8.15. The minimum absolute atomic E-state index is 0.0440. The molecule has 0 bridgehead atoms. The SMILES string of the molecule is CN(CC(=O)Nc1cccc(CN)c1)CC1CCCCC1. The summed E-state index contributed by atoms with van der Waals surface area (Å²) in [5.41, 5.74) is 7.47. The zero-order chi connectivity index (χ0) is 15.1. The Morgan fingerprint density at radius 1 is 1.33 bits per heavy atom. The van der Waals surface area contributed by atoms with Gasteiger partial charge in [0, 0.05) is 18.8 Å². The summed E-state index contributed by atoms with van der Waals surface area (Å²) in [5, 5.41) is 2.95. The zero-order valence-electron chi connectivity index (χ0n) is 13.0. The van der Waals surface area contributed by atoms with Gasteiger partial charge in [0.2, 0.25) is 5.91 Å². The van der Waals surface area contributed by atoms with Gasteiger partial charge in [0.25, 0.3) is 0 Å². The number of hydrogen-bond acceptors (Lipinski definition) is 3. The van der Waals surface area contributed by atoms with Crippen molar-refractivity contribution in [2.45, 2.75) is 38.6 Å². The number of carbonyl (C=O) groups excluding carboxylic acids is 1. The first-order valence-corrected chi connectivity index (χ1v) is 7.95. The second-order valence-electron chi connectivity index (χ2n) is 6.15. The van der Waals surface area contributed by atoms with Crippen molar-refractivity contribution in [3.63, 3.8) is 0 Å². The van der Waals surface area contributed by atoms with Crippen LogP contribution < -0.4 is 11.1 Å². The molecule has 0 aliphatic heterocycles. The first-order chi connectivity index (χ1) is 10.2. The van der Waals surface area contributed by atoms with Gasteiger partial charge >= 0.3 is 0 Å². The fourth-order valence-electron chi connectivity index (χ4n) is 3.10. The van der Waals surface area contributed by atoms with E-state index in [0.29, 0.717) is 13.1 Å². The summed E-state index contributed by atoms with van der Waals surface area (Å²) in [6.45, 7) is 1.96. The van der Waals surface area contributed by atoms with Gasteiger partial charge in [-0.3, -0.25) is 9.69 Å². The Labute approximate surface area is 127 Å². The lowest BCUT2D eigenvalue weighted by molar-refractivity contribution is -0.117. The molecule has 4 heteroatoms. The Kier molecular flexibility index (Phi) is 6.21. The standard InChI is InChI=1S/C17H27N3O/c1-20(12-14-6-3-2-4-7-14)13-17(21)19-16-9-5-8-15(10-16)11-18/h5,8-10,14H,2-4,6-7,11-13,18H2,1H3,(H,19,21). The molecule has 3 N–H and O–H groups in total. The van der Waals surface area contributed by atoms with Crippen LogP contribution in [0.2, 0.25) is 0 Å². The lowest BCUT2D eigenvalue weighted by Gasteiger charge is -2.26. The molecule has 0 unspecified atom stereocenters. The molecule has 0 saturated heterocycles. The van der Waals surface area contributed by atoms with Crippen molar-refractivity contribution in [1.82, 2.24) is 4.90 Å². The number of amides is 1. The van der Waals surface area contributed by atoms with Crippen LogP contribution in [-0.2, 0) is 11.3 Å². The number of hydrogen-bond donors (Lipinski definition) is 2. The summed E-state index contributed by atoms with van der Waals surface area (Å²) in [6.07, 6.45) is 6.68. The van der Waals surface area contributed by atoms with E-state index in [1.165, 1.54) is 32.1 Å². The molecular formula is C17H27N3O. The first-order valence-electron chi connectivity index (χ1n) is 7.95. The molecule has 1 aromatic rings. The van der Waals surface area contributed by atoms with E-state index in [1.54, 1.807) is 0 Å². The number of anilines is 1. The van der Waals surface area contributed by atoms with Crippen LogP contribution in [0, 0.1) is 5.92 Å². The van der Waals surface area contributed by atoms with Crippen molar-refractivity contribution in [3.05, 3.63) is 29.8 Å². The van der Waals surface area contributed by atoms with E-state index in [2.05, 4.69) is 10.2 Å². The van der Waals surface area contributed by atoms with Crippen LogP contribution in [0.1, 0.15) is 37.7 Å². The maximum atomic E-state index is 12.1. The van der Waals surface area contributed by atoms with Gasteiger partial charge in [-0.1, -0.05) is 31.4 Å². The zero-order valence-corrected chi connectivity index (χ0v) is 13.0. The predicted octanol–water partition coefficient (Wildman–Crippen LogP) is 2.60. The number of nitrogens with zero attached hydrogens (tertiary/aromatic N) is 1. The lowest BCUT2D eigenvalue weighted by Crippen LogP contribution is -2.34. The van der Waals surface area contributed by atoms with Gasteiger partial charge in [0.1, 0.15) is 0 Å². The average molecular weight is 289 g/mol. The first kappa shape index (κ1) is 16.0. The molecule has 1 fully saturated rings. The monoisotopic (exact) mass is 289 g/mol. The third-order valence-corrected chi connectivity index (χ3v) is 4.15. The highest BCUT2D eigenvalue weighted by Gasteiger charge is 2.16. The molecule has 1 amide bonds. The lowest BCUT2D eigenvalue weighted by atomic mass is 9.89. The normalized spacial score (nSPS) is 16.1. The molecule has 4 nitrogen and oxygen atoms in total. The maximum Gasteiger partial charge on any atom is 0.238 e. The summed E-state index contributed by atoms with van der Waals surface area (Å²) >= 11 is 0. The van der Waals surface area contributed by atoms with Crippen LogP contribution in [-0.4, -0.2) is 30.9 Å². The van der Waals surface area contributed by atoms with E-state index in [4.69, 9.17) is 5.73 Å². The molecule has 1 aromatic carbocycles. The molecule has 0 spiro atoms. The van der Waals surface area contributed by atoms with Gasteiger partial charge in [-0.25, -0.2) is 0 Å². The number of rotatable bonds is 6. The highest BCUT2D eigenvalue weighted by molar-refractivity contribution is 5.92. The average Bonchev–Trinajstić information content (AvgIpc) is 2.48. The van der Waals surface area contributed by atoms with Crippen LogP contribution in [0.5, 0.6) is 0 Å². The number of benzene rings is 1. The van der Waals surface area contributed by atoms with Crippen molar-refractivity contribution in [2.75, 3.05) is 25.5 Å². The van der Waals surface area contributed by atoms with E-state index < -0.39 is 0 Å². The van der Waals surface area contributed by atoms with Crippen molar-refractivity contribution in [3.8, 4) is 0 Å². The smallest absolute Gasteiger partial charge is 0.238 e. The second-order valence-corrected chi connectivity index (χ2v) is 6.15. The molecule has 0 atom stereocenters. The van der Waals surface area contributed by atoms with Crippen molar-refractivity contribution in [2.24, 2.45) is 11.7 Å². The predicted molar refractivity (Wildman–Crippen MR) is 87.0 cm³/mol. The Morgan fingerprint density at radius 3 is 2.81 bits per heavy atom. The number of nitrogens with two attached hydrogens (primary N) is 1. The van der Waals surface area contributed by atoms with Crippen LogP contribution in [0.3, 0.4) is 0 Å². The highest BCUT2D eigenvalue weighted by Crippen LogP contribution is 2.24. The molecule has 1 saturated carbocycles. The largest absolute Gasteiger partial charge is 0.326 e. The minimum atomic E-state index is 0.0440. The van der Waals surface area contributed by atoms with Gasteiger partial charge in [0.15, 0.2) is 0 Å². The van der Waals surface area contributed by atoms with Crippen molar-refractivity contribution >= 4 is 11.6 Å². The van der Waals surface area contributed by atoms with E-state index in [1.807, 2.05) is 31.3 Å². The quantitative estimate of drug-likeness (QED) is 0.846. The fourth-order valence-corrected chi connectivity index (χ4v) is 3.10. The van der Waals surface area contributed by atoms with E-state index in [-0.39, 0.29) is 5.91 Å². The number of nitrogens with one attached hydrogen (secondary N) is 1. The molecule has 1 aliphatic rings. The summed E-state index contributed by atoms with van der Waals surface area (Å²) in [4.78, 5) is 14.2. The number of carbonyl (C=O) groups is 1. The van der Waals surface area contributed by atoms with E-state index in [9.17, 15) is 4.79 Å². The molecule has 0 heterocycles. The van der Waals surface area contributed by atoms with Gasteiger partial charge in [-0.2, -0.15) is 0 Å². The van der Waals surface area contributed by atoms with Gasteiger partial charge in [-0.15, -0.1) is 0 Å². The fraction of sp³-hybridized carbons (Fsp3) is 0.588. The van der Waals surface area contributed by atoms with Gasteiger partial charge in [-0.05, 0) is 43.5 Å². The van der Waals surface area contributed by atoms with Crippen molar-refractivity contribution in [1.29, 1.82) is 0 Å². The summed E-state index contributed by atoms with van der Waals surface area (Å²) in [6, 6.07) is 7.71. The molecule has 0 radical (unpaired) electrons. The van der Waals surface area contributed by atoms with E-state index in [0.717, 1.165) is 23.7 Å². The van der Waals surface area contributed by atoms with Gasteiger partial charge < -0.3 is 11.1 Å². The summed E-state index contributed by atoms with van der Waals surface area (Å²) in [7, 11) is 2.03. The molecule has 116 valence electrons. The molecular weight excluding hydrogens is 262 g/mol. The Bertz CT molecular complexity index is 455. The third-order valence-electron chi connectivity index (χ3n) is 4.15. The molecule has 1 aliphatic carbocycles. The van der Waals surface area contributed by atoms with Crippen LogP contribution in [0.4, 0.5) is 5.69 Å². The Morgan fingerprint density at radius 2 is 2.10 bits per heavy atom. The topological polar surface area (TPSA) is 58.4 Å². The minimum Gasteiger partial charge on any atom is -0.326 e.